The molecule has 0 aliphatic carbocycles. The van der Waals surface area contributed by atoms with Gasteiger partial charge in [-0.05, 0) is 25.3 Å². The minimum absolute atomic E-state index is 0.0566. The molecule has 1 aromatic carbocycles. The number of thioether (sulfide) groups is 1. The van der Waals surface area contributed by atoms with Crippen LogP contribution in [0.4, 0.5) is 5.69 Å². The van der Waals surface area contributed by atoms with Gasteiger partial charge in [0.25, 0.3) is 0 Å². The van der Waals surface area contributed by atoms with E-state index in [-0.39, 0.29) is 25.7 Å². The molecule has 0 fully saturated rings. The third-order valence-electron chi connectivity index (χ3n) is 4.31. The highest BCUT2D eigenvalue weighted by Crippen LogP contribution is 2.19. The highest BCUT2D eigenvalue weighted by molar-refractivity contribution is 8.13. The van der Waals surface area contributed by atoms with E-state index in [9.17, 15) is 19.2 Å². The molecule has 0 aromatic heterocycles. The first kappa shape index (κ1) is 29.1. The molecule has 0 saturated carbocycles. The van der Waals surface area contributed by atoms with Gasteiger partial charge in [0.15, 0.2) is 11.3 Å². The first-order valence-corrected chi connectivity index (χ1v) is 11.8. The van der Waals surface area contributed by atoms with Crippen molar-refractivity contribution in [2.45, 2.75) is 52.9 Å². The lowest BCUT2D eigenvalue weighted by Crippen LogP contribution is -2.46. The average Bonchev–Trinajstić information content (AvgIpc) is 2.75. The van der Waals surface area contributed by atoms with Crippen LogP contribution >= 0.6 is 11.8 Å². The maximum Gasteiger partial charge on any atom is 0.303 e. The summed E-state index contributed by atoms with van der Waals surface area (Å²) in [4.78, 5) is 52.6. The summed E-state index contributed by atoms with van der Waals surface area (Å²) in [5.41, 5.74) is 0.682. The maximum atomic E-state index is 12.3. The van der Waals surface area contributed by atoms with Gasteiger partial charge in [-0.1, -0.05) is 30.0 Å². The van der Waals surface area contributed by atoms with E-state index in [4.69, 9.17) is 18.9 Å². The fourth-order valence-electron chi connectivity index (χ4n) is 3.01. The zero-order valence-corrected chi connectivity index (χ0v) is 21.1. The van der Waals surface area contributed by atoms with Crippen LogP contribution in [0.3, 0.4) is 0 Å². The van der Waals surface area contributed by atoms with Crippen molar-refractivity contribution in [2.24, 2.45) is 4.99 Å². The summed E-state index contributed by atoms with van der Waals surface area (Å²) in [7, 11) is 0. The number of aliphatic imine (C=N–C) groups is 1. The van der Waals surface area contributed by atoms with E-state index >= 15 is 0 Å². The number of amidine groups is 1. The van der Waals surface area contributed by atoms with Crippen molar-refractivity contribution < 1.29 is 38.1 Å². The van der Waals surface area contributed by atoms with Crippen molar-refractivity contribution in [1.82, 2.24) is 0 Å². The summed E-state index contributed by atoms with van der Waals surface area (Å²) >= 11 is 1.30. The third-order valence-corrected chi connectivity index (χ3v) is 4.98. The van der Waals surface area contributed by atoms with E-state index in [1.165, 1.54) is 44.4 Å². The summed E-state index contributed by atoms with van der Waals surface area (Å²) in [6, 6.07) is 9.11. The van der Waals surface area contributed by atoms with Crippen LogP contribution in [0.1, 0.15) is 34.6 Å². The molecule has 0 bridgehead atoms. The van der Waals surface area contributed by atoms with Crippen LogP contribution < -0.4 is 4.90 Å². The van der Waals surface area contributed by atoms with Gasteiger partial charge in [0.05, 0.1) is 18.8 Å². The molecule has 1 amide bonds. The summed E-state index contributed by atoms with van der Waals surface area (Å²) in [5, 5.41) is 0.476. The van der Waals surface area contributed by atoms with E-state index in [1.54, 1.807) is 25.3 Å². The Labute approximate surface area is 204 Å². The summed E-state index contributed by atoms with van der Waals surface area (Å²) < 4.78 is 21.4. The van der Waals surface area contributed by atoms with Crippen LogP contribution in [-0.2, 0) is 38.1 Å². The Kier molecular flexibility index (Phi) is 12.9. The number of benzene rings is 1. The molecule has 3 atom stereocenters. The van der Waals surface area contributed by atoms with Crippen LogP contribution in [0.2, 0.25) is 0 Å². The van der Waals surface area contributed by atoms with Crippen LogP contribution in [0.25, 0.3) is 0 Å². The highest BCUT2D eigenvalue weighted by atomic mass is 32.2. The zero-order chi connectivity index (χ0) is 25.7. The maximum absolute atomic E-state index is 12.3. The van der Waals surface area contributed by atoms with Gasteiger partial charge in [0.2, 0.25) is 5.91 Å². The van der Waals surface area contributed by atoms with Crippen LogP contribution in [0.5, 0.6) is 0 Å². The smallest absolute Gasteiger partial charge is 0.303 e. The normalized spacial score (nSPS) is 13.9. The zero-order valence-electron chi connectivity index (χ0n) is 20.3. The molecule has 0 heterocycles. The lowest BCUT2D eigenvalue weighted by molar-refractivity contribution is -0.182. The standard InChI is InChI=1S/C23H32N2O8S/c1-15(32-18(4)28)22(33-19(5)29)21(14-31-17(3)27)30-13-12-24-23(34-6)25(16(2)26)20-10-8-7-9-11-20/h7-11,15,21-22H,12-14H2,1-6H3/b24-23-/t15-,21-,22+/m1/s1. The Balaban J connectivity index is 2.99. The van der Waals surface area contributed by atoms with Gasteiger partial charge < -0.3 is 18.9 Å². The number of carbonyl (C=O) groups excluding carboxylic acids is 4. The first-order chi connectivity index (χ1) is 16.1. The second-order valence-electron chi connectivity index (χ2n) is 7.16. The Hall–Kier alpha value is -2.92. The monoisotopic (exact) mass is 496 g/mol. The van der Waals surface area contributed by atoms with Gasteiger partial charge in [-0.3, -0.25) is 29.1 Å². The predicted molar refractivity (Wildman–Crippen MR) is 129 cm³/mol. The van der Waals surface area contributed by atoms with E-state index in [2.05, 4.69) is 4.99 Å². The number of hydrogen-bond donors (Lipinski definition) is 0. The lowest BCUT2D eigenvalue weighted by Gasteiger charge is -2.30. The van der Waals surface area contributed by atoms with Gasteiger partial charge in [0, 0.05) is 27.7 Å². The largest absolute Gasteiger partial charge is 0.463 e. The van der Waals surface area contributed by atoms with Crippen molar-refractivity contribution in [3.8, 4) is 0 Å². The number of hydrogen-bond acceptors (Lipinski definition) is 10. The molecule has 34 heavy (non-hydrogen) atoms. The molecule has 10 nitrogen and oxygen atoms in total. The number of anilines is 1. The summed E-state index contributed by atoms with van der Waals surface area (Å²) in [6.07, 6.45) is -0.964. The minimum atomic E-state index is -1.01. The lowest BCUT2D eigenvalue weighted by atomic mass is 10.1. The average molecular weight is 497 g/mol. The molecule has 1 rings (SSSR count). The summed E-state index contributed by atoms with van der Waals surface area (Å²) in [6.45, 7) is 6.68. The van der Waals surface area contributed by atoms with E-state index in [0.29, 0.717) is 10.9 Å². The first-order valence-electron chi connectivity index (χ1n) is 10.6. The number of rotatable bonds is 11. The fourth-order valence-corrected chi connectivity index (χ4v) is 3.64. The van der Waals surface area contributed by atoms with Crippen molar-refractivity contribution in [1.29, 1.82) is 0 Å². The molecular weight excluding hydrogens is 464 g/mol. The van der Waals surface area contributed by atoms with Gasteiger partial charge in [-0.25, -0.2) is 0 Å². The van der Waals surface area contributed by atoms with E-state index in [0.717, 1.165) is 0 Å². The SMILES string of the molecule is CS/C(=N\CCO[C@H](COC(C)=O)[C@@H](OC(C)=O)[C@@H](C)OC(C)=O)N(C(C)=O)c1ccccc1. The topological polar surface area (TPSA) is 121 Å². The Bertz CT molecular complexity index is 862. The number of nitrogens with zero attached hydrogens (tertiary/aromatic N) is 2. The molecule has 188 valence electrons. The fraction of sp³-hybridized carbons (Fsp3) is 0.522. The van der Waals surface area contributed by atoms with Crippen molar-refractivity contribution in [2.75, 3.05) is 30.9 Å². The van der Waals surface area contributed by atoms with Gasteiger partial charge >= 0.3 is 17.9 Å². The molecule has 0 radical (unpaired) electrons. The number of para-hydroxylation sites is 1. The van der Waals surface area contributed by atoms with E-state index in [1.807, 2.05) is 18.2 Å². The van der Waals surface area contributed by atoms with Crippen molar-refractivity contribution in [3.05, 3.63) is 30.3 Å². The molecule has 0 spiro atoms. The van der Waals surface area contributed by atoms with Crippen molar-refractivity contribution >= 4 is 46.4 Å². The predicted octanol–water partition coefficient (Wildman–Crippen LogP) is 2.59. The molecule has 11 heteroatoms. The minimum Gasteiger partial charge on any atom is -0.463 e. The Morgan fingerprint density at radius 2 is 1.59 bits per heavy atom. The van der Waals surface area contributed by atoms with Gasteiger partial charge in [-0.15, -0.1) is 0 Å². The van der Waals surface area contributed by atoms with Crippen molar-refractivity contribution in [3.63, 3.8) is 0 Å². The van der Waals surface area contributed by atoms with Gasteiger partial charge in [-0.2, -0.15) is 0 Å². The number of amides is 1. The highest BCUT2D eigenvalue weighted by Gasteiger charge is 2.33. The number of esters is 3. The van der Waals surface area contributed by atoms with Crippen LogP contribution in [0, 0.1) is 0 Å². The Morgan fingerprint density at radius 1 is 0.971 bits per heavy atom. The third kappa shape index (κ3) is 10.3. The van der Waals surface area contributed by atoms with Gasteiger partial charge in [0.1, 0.15) is 18.8 Å². The molecule has 0 N–H and O–H groups in total. The molecule has 0 saturated heterocycles. The van der Waals surface area contributed by atoms with E-state index < -0.39 is 36.2 Å². The summed E-state index contributed by atoms with van der Waals surface area (Å²) in [5.74, 6) is -1.91. The second kappa shape index (κ2) is 15.1. The second-order valence-corrected chi connectivity index (χ2v) is 7.93. The molecule has 0 aliphatic rings. The molecule has 1 aromatic rings. The quantitative estimate of drug-likeness (QED) is 0.150. The molecule has 0 unspecified atom stereocenters. The Morgan fingerprint density at radius 3 is 2.09 bits per heavy atom. The molecular formula is C23H32N2O8S. The number of carbonyl (C=O) groups is 4. The van der Waals surface area contributed by atoms with Crippen LogP contribution in [0.15, 0.2) is 35.3 Å². The number of ether oxygens (including phenoxy) is 4. The van der Waals surface area contributed by atoms with Crippen LogP contribution in [-0.4, -0.2) is 73.3 Å². The molecule has 0 aliphatic heterocycles.